The molecule has 0 aliphatic rings. The Morgan fingerprint density at radius 3 is 2.79 bits per heavy atom. The van der Waals surface area contributed by atoms with Gasteiger partial charge in [0.25, 0.3) is 5.91 Å². The standard InChI is InChI=1S/C17H21BrN2O3.ClH/c1-2-8-19-9-10-20-17(21)16-7-6-15(23-16)12-22-14-5-3-4-13(18)11-14;/h3-7,11,19H,2,8-10,12H2,1H3,(H,20,21);1H. The third-order valence-electron chi connectivity index (χ3n) is 3.08. The van der Waals surface area contributed by atoms with Gasteiger partial charge in [-0.15, -0.1) is 12.4 Å². The minimum absolute atomic E-state index is 0. The van der Waals surface area contributed by atoms with Crippen molar-refractivity contribution in [1.29, 1.82) is 0 Å². The van der Waals surface area contributed by atoms with Gasteiger partial charge in [0.05, 0.1) is 0 Å². The lowest BCUT2D eigenvalue weighted by molar-refractivity contribution is 0.0922. The van der Waals surface area contributed by atoms with Gasteiger partial charge in [-0.1, -0.05) is 28.9 Å². The zero-order chi connectivity index (χ0) is 16.5. The van der Waals surface area contributed by atoms with Crippen LogP contribution in [0.25, 0.3) is 0 Å². The summed E-state index contributed by atoms with van der Waals surface area (Å²) in [6.07, 6.45) is 1.08. The fraction of sp³-hybridized carbons (Fsp3) is 0.353. The van der Waals surface area contributed by atoms with E-state index in [9.17, 15) is 4.79 Å². The van der Waals surface area contributed by atoms with Crippen molar-refractivity contribution in [3.63, 3.8) is 0 Å². The van der Waals surface area contributed by atoms with Crippen LogP contribution in [0.2, 0.25) is 0 Å². The predicted molar refractivity (Wildman–Crippen MR) is 99.9 cm³/mol. The second-order valence-electron chi connectivity index (χ2n) is 5.02. The summed E-state index contributed by atoms with van der Waals surface area (Å²) in [5, 5.41) is 6.03. The van der Waals surface area contributed by atoms with Crippen LogP contribution in [0.15, 0.2) is 45.3 Å². The molecule has 1 aromatic heterocycles. The normalized spacial score (nSPS) is 10.1. The Hall–Kier alpha value is -1.50. The van der Waals surface area contributed by atoms with Crippen molar-refractivity contribution in [2.45, 2.75) is 20.0 Å². The lowest BCUT2D eigenvalue weighted by Gasteiger charge is -2.05. The Bertz CT molecular complexity index is 634. The molecule has 132 valence electrons. The van der Waals surface area contributed by atoms with Gasteiger partial charge in [-0.2, -0.15) is 0 Å². The van der Waals surface area contributed by atoms with Gasteiger partial charge in [0, 0.05) is 17.6 Å². The fourth-order valence-corrected chi connectivity index (χ4v) is 2.32. The van der Waals surface area contributed by atoms with Crippen LogP contribution in [0.1, 0.15) is 29.7 Å². The van der Waals surface area contributed by atoms with Crippen LogP contribution in [0.5, 0.6) is 5.75 Å². The smallest absolute Gasteiger partial charge is 0.287 e. The molecule has 0 saturated heterocycles. The maximum atomic E-state index is 11.9. The first-order valence-corrected chi connectivity index (χ1v) is 8.44. The molecule has 2 rings (SSSR count). The van der Waals surface area contributed by atoms with Crippen LogP contribution in [0.3, 0.4) is 0 Å². The molecule has 2 N–H and O–H groups in total. The summed E-state index contributed by atoms with van der Waals surface area (Å²) in [7, 11) is 0. The number of ether oxygens (including phenoxy) is 1. The quantitative estimate of drug-likeness (QED) is 0.610. The van der Waals surface area contributed by atoms with Crippen molar-refractivity contribution >= 4 is 34.2 Å². The fourth-order valence-electron chi connectivity index (χ4n) is 1.94. The van der Waals surface area contributed by atoms with Crippen molar-refractivity contribution < 1.29 is 13.9 Å². The number of nitrogens with one attached hydrogen (secondary N) is 2. The Labute approximate surface area is 156 Å². The molecule has 1 aromatic carbocycles. The van der Waals surface area contributed by atoms with Crippen LogP contribution in [-0.2, 0) is 6.61 Å². The van der Waals surface area contributed by atoms with E-state index in [-0.39, 0.29) is 24.9 Å². The summed E-state index contributed by atoms with van der Waals surface area (Å²) in [5.74, 6) is 1.44. The minimum Gasteiger partial charge on any atom is -0.486 e. The molecule has 0 spiro atoms. The number of amides is 1. The molecular formula is C17H22BrClN2O3. The lowest BCUT2D eigenvalue weighted by atomic mass is 10.3. The molecule has 0 saturated carbocycles. The highest BCUT2D eigenvalue weighted by molar-refractivity contribution is 9.10. The number of benzene rings is 1. The Kier molecular flexibility index (Phi) is 9.52. The van der Waals surface area contributed by atoms with Crippen molar-refractivity contribution in [2.75, 3.05) is 19.6 Å². The highest BCUT2D eigenvalue weighted by atomic mass is 79.9. The van der Waals surface area contributed by atoms with E-state index in [4.69, 9.17) is 9.15 Å². The molecule has 0 radical (unpaired) electrons. The van der Waals surface area contributed by atoms with Crippen LogP contribution in [-0.4, -0.2) is 25.5 Å². The molecule has 24 heavy (non-hydrogen) atoms. The summed E-state index contributed by atoms with van der Waals surface area (Å²) in [6.45, 7) is 4.66. The Balaban J connectivity index is 0.00000288. The monoisotopic (exact) mass is 416 g/mol. The zero-order valence-electron chi connectivity index (χ0n) is 13.5. The molecule has 0 aliphatic heterocycles. The highest BCUT2D eigenvalue weighted by Crippen LogP contribution is 2.19. The van der Waals surface area contributed by atoms with Gasteiger partial charge in [-0.3, -0.25) is 4.79 Å². The van der Waals surface area contributed by atoms with E-state index < -0.39 is 0 Å². The van der Waals surface area contributed by atoms with E-state index in [0.717, 1.165) is 29.7 Å². The van der Waals surface area contributed by atoms with E-state index in [1.54, 1.807) is 12.1 Å². The number of rotatable bonds is 9. The maximum Gasteiger partial charge on any atom is 0.287 e. The number of carbonyl (C=O) groups is 1. The Morgan fingerprint density at radius 1 is 1.21 bits per heavy atom. The van der Waals surface area contributed by atoms with Crippen molar-refractivity contribution in [3.8, 4) is 5.75 Å². The predicted octanol–water partition coefficient (Wildman–Crippen LogP) is 3.77. The van der Waals surface area contributed by atoms with Gasteiger partial charge in [0.2, 0.25) is 0 Å². The summed E-state index contributed by atoms with van der Waals surface area (Å²) in [5.41, 5.74) is 0. The van der Waals surface area contributed by atoms with E-state index >= 15 is 0 Å². The first kappa shape index (κ1) is 20.5. The van der Waals surface area contributed by atoms with Crippen molar-refractivity contribution in [1.82, 2.24) is 10.6 Å². The molecule has 0 aliphatic carbocycles. The van der Waals surface area contributed by atoms with Crippen molar-refractivity contribution in [3.05, 3.63) is 52.4 Å². The van der Waals surface area contributed by atoms with Gasteiger partial charge in [0.1, 0.15) is 18.1 Å². The van der Waals surface area contributed by atoms with Gasteiger partial charge < -0.3 is 19.8 Å². The van der Waals surface area contributed by atoms with Crippen LogP contribution in [0.4, 0.5) is 0 Å². The summed E-state index contributed by atoms with van der Waals surface area (Å²) >= 11 is 3.39. The molecular weight excluding hydrogens is 396 g/mol. The molecule has 5 nitrogen and oxygen atoms in total. The van der Waals surface area contributed by atoms with E-state index in [1.807, 2.05) is 24.3 Å². The van der Waals surface area contributed by atoms with Gasteiger partial charge in [-0.25, -0.2) is 0 Å². The Morgan fingerprint density at radius 2 is 2.04 bits per heavy atom. The number of furan rings is 1. The summed E-state index contributed by atoms with van der Waals surface area (Å²) in [6, 6.07) is 11.0. The first-order valence-electron chi connectivity index (χ1n) is 7.65. The maximum absolute atomic E-state index is 11.9. The van der Waals surface area contributed by atoms with Crippen LogP contribution < -0.4 is 15.4 Å². The second-order valence-corrected chi connectivity index (χ2v) is 5.93. The van der Waals surface area contributed by atoms with Crippen LogP contribution >= 0.6 is 28.3 Å². The molecule has 1 amide bonds. The summed E-state index contributed by atoms with van der Waals surface area (Å²) < 4.78 is 12.1. The number of carbonyl (C=O) groups excluding carboxylic acids is 1. The van der Waals surface area contributed by atoms with Gasteiger partial charge >= 0.3 is 0 Å². The van der Waals surface area contributed by atoms with Gasteiger partial charge in [0.15, 0.2) is 5.76 Å². The largest absolute Gasteiger partial charge is 0.486 e. The molecule has 0 unspecified atom stereocenters. The number of hydrogen-bond acceptors (Lipinski definition) is 4. The molecule has 0 bridgehead atoms. The first-order chi connectivity index (χ1) is 11.2. The molecule has 7 heteroatoms. The lowest BCUT2D eigenvalue weighted by Crippen LogP contribution is -2.31. The topological polar surface area (TPSA) is 63.5 Å². The third kappa shape index (κ3) is 6.95. The zero-order valence-corrected chi connectivity index (χ0v) is 15.9. The third-order valence-corrected chi connectivity index (χ3v) is 3.57. The molecule has 0 atom stereocenters. The minimum atomic E-state index is -0.211. The summed E-state index contributed by atoms with van der Waals surface area (Å²) in [4.78, 5) is 11.9. The average molecular weight is 418 g/mol. The molecule has 2 aromatic rings. The van der Waals surface area contributed by atoms with Gasteiger partial charge in [-0.05, 0) is 43.3 Å². The van der Waals surface area contributed by atoms with Crippen molar-refractivity contribution in [2.24, 2.45) is 0 Å². The second kappa shape index (κ2) is 11.1. The van der Waals surface area contributed by atoms with Crippen LogP contribution in [0, 0.1) is 0 Å². The number of halogens is 2. The SMILES string of the molecule is CCCNCCNC(=O)c1ccc(COc2cccc(Br)c2)o1.Cl. The van der Waals surface area contributed by atoms with E-state index in [1.165, 1.54) is 0 Å². The molecule has 1 heterocycles. The average Bonchev–Trinajstić information content (AvgIpc) is 3.02. The van der Waals surface area contributed by atoms with E-state index in [0.29, 0.717) is 18.1 Å². The molecule has 0 fully saturated rings. The van der Waals surface area contributed by atoms with E-state index in [2.05, 4.69) is 33.5 Å². The number of hydrogen-bond donors (Lipinski definition) is 2. The highest BCUT2D eigenvalue weighted by Gasteiger charge is 2.10.